The van der Waals surface area contributed by atoms with E-state index in [-0.39, 0.29) is 5.91 Å². The van der Waals surface area contributed by atoms with Gasteiger partial charge < -0.3 is 4.90 Å². The van der Waals surface area contributed by atoms with Gasteiger partial charge in [0.05, 0.1) is 0 Å². The molecule has 2 heterocycles. The molecule has 5 nitrogen and oxygen atoms in total. The Morgan fingerprint density at radius 3 is 2.78 bits per heavy atom. The van der Waals surface area contributed by atoms with Crippen LogP contribution in [0.5, 0.6) is 0 Å². The minimum Gasteiger partial charge on any atom is -0.340 e. The number of pyridine rings is 1. The first kappa shape index (κ1) is 12.5. The number of nitrogens with zero attached hydrogens (tertiary/aromatic N) is 4. The van der Waals surface area contributed by atoms with Gasteiger partial charge in [-0.2, -0.15) is 5.26 Å². The number of carbonyl (C=O) groups is 1. The van der Waals surface area contributed by atoms with E-state index < -0.39 is 0 Å². The quantitative estimate of drug-likeness (QED) is 0.765. The van der Waals surface area contributed by atoms with Crippen molar-refractivity contribution in [1.29, 1.82) is 5.26 Å². The Balaban J connectivity index is 1.91. The Morgan fingerprint density at radius 2 is 2.17 bits per heavy atom. The summed E-state index contributed by atoms with van der Waals surface area (Å²) in [5.74, 6) is 0.144. The first-order valence-corrected chi connectivity index (χ1v) is 6.02. The number of aromatic nitrogens is 1. The summed E-state index contributed by atoms with van der Waals surface area (Å²) in [6.45, 7) is 5.74. The van der Waals surface area contributed by atoms with Crippen molar-refractivity contribution >= 4 is 5.91 Å². The zero-order chi connectivity index (χ0) is 13.0. The van der Waals surface area contributed by atoms with E-state index in [0.29, 0.717) is 5.69 Å². The summed E-state index contributed by atoms with van der Waals surface area (Å²) in [6.07, 6.45) is 1.67. The summed E-state index contributed by atoms with van der Waals surface area (Å²) in [5.41, 5.74) is 1.55. The molecule has 0 bridgehead atoms. The predicted octanol–water partition coefficient (Wildman–Crippen LogP) is 0.617. The summed E-state index contributed by atoms with van der Waals surface area (Å²) < 4.78 is 0. The van der Waals surface area contributed by atoms with Crippen molar-refractivity contribution in [2.45, 2.75) is 13.5 Å². The SMILES string of the molecule is CC(=O)N1CCN(Cc2ccnc(C#N)c2)CC1. The number of piperazine rings is 1. The van der Waals surface area contributed by atoms with E-state index in [2.05, 4.69) is 9.88 Å². The van der Waals surface area contributed by atoms with E-state index in [0.717, 1.165) is 38.3 Å². The number of carbonyl (C=O) groups excluding carboxylic acids is 1. The lowest BCUT2D eigenvalue weighted by molar-refractivity contribution is -0.130. The average Bonchev–Trinajstić information content (AvgIpc) is 2.39. The molecule has 0 aromatic carbocycles. The molecule has 5 heteroatoms. The molecule has 2 rings (SSSR count). The third-order valence-electron chi connectivity index (χ3n) is 3.16. The van der Waals surface area contributed by atoms with Crippen molar-refractivity contribution in [3.05, 3.63) is 29.6 Å². The zero-order valence-electron chi connectivity index (χ0n) is 10.5. The van der Waals surface area contributed by atoms with E-state index in [1.165, 1.54) is 0 Å². The van der Waals surface area contributed by atoms with Crippen LogP contribution in [0.15, 0.2) is 18.3 Å². The number of rotatable bonds is 2. The molecule has 0 spiro atoms. The van der Waals surface area contributed by atoms with Crippen LogP contribution < -0.4 is 0 Å². The van der Waals surface area contributed by atoms with Crippen LogP contribution in [-0.4, -0.2) is 46.9 Å². The van der Waals surface area contributed by atoms with Crippen molar-refractivity contribution in [3.8, 4) is 6.07 Å². The van der Waals surface area contributed by atoms with Crippen LogP contribution in [0.1, 0.15) is 18.2 Å². The molecule has 1 aromatic rings. The van der Waals surface area contributed by atoms with Gasteiger partial charge >= 0.3 is 0 Å². The summed E-state index contributed by atoms with van der Waals surface area (Å²) in [6, 6.07) is 5.79. The zero-order valence-corrected chi connectivity index (χ0v) is 10.5. The van der Waals surface area contributed by atoms with E-state index in [9.17, 15) is 4.79 Å². The second-order valence-corrected chi connectivity index (χ2v) is 4.44. The standard InChI is InChI=1S/C13H16N4O/c1-11(18)17-6-4-16(5-7-17)10-12-2-3-15-13(8-12)9-14/h2-3,8H,4-7,10H2,1H3. The molecule has 0 aliphatic carbocycles. The number of amides is 1. The number of hydrogen-bond donors (Lipinski definition) is 0. The first-order chi connectivity index (χ1) is 8.69. The van der Waals surface area contributed by atoms with Crippen molar-refractivity contribution in [1.82, 2.24) is 14.8 Å². The van der Waals surface area contributed by atoms with Gasteiger partial charge in [0, 0.05) is 45.8 Å². The fourth-order valence-corrected chi connectivity index (χ4v) is 2.11. The fraction of sp³-hybridized carbons (Fsp3) is 0.462. The van der Waals surface area contributed by atoms with E-state index in [1.54, 1.807) is 13.1 Å². The van der Waals surface area contributed by atoms with Gasteiger partial charge in [0.2, 0.25) is 5.91 Å². The van der Waals surface area contributed by atoms with Gasteiger partial charge in [-0.15, -0.1) is 0 Å². The summed E-state index contributed by atoms with van der Waals surface area (Å²) in [4.78, 5) is 19.3. The monoisotopic (exact) mass is 244 g/mol. The third-order valence-corrected chi connectivity index (χ3v) is 3.16. The smallest absolute Gasteiger partial charge is 0.219 e. The highest BCUT2D eigenvalue weighted by molar-refractivity contribution is 5.73. The van der Waals surface area contributed by atoms with E-state index in [1.807, 2.05) is 23.1 Å². The van der Waals surface area contributed by atoms with Crippen LogP contribution in [0, 0.1) is 11.3 Å². The van der Waals surface area contributed by atoms with Crippen LogP contribution in [0.3, 0.4) is 0 Å². The largest absolute Gasteiger partial charge is 0.340 e. The molecule has 94 valence electrons. The Labute approximate surface area is 107 Å². The van der Waals surface area contributed by atoms with E-state index in [4.69, 9.17) is 5.26 Å². The minimum absolute atomic E-state index is 0.144. The molecule has 1 aliphatic rings. The maximum absolute atomic E-state index is 11.2. The van der Waals surface area contributed by atoms with Gasteiger partial charge in [0.1, 0.15) is 11.8 Å². The van der Waals surface area contributed by atoms with Crippen LogP contribution >= 0.6 is 0 Å². The molecular formula is C13H16N4O. The molecule has 0 radical (unpaired) electrons. The highest BCUT2D eigenvalue weighted by Gasteiger charge is 2.18. The maximum Gasteiger partial charge on any atom is 0.219 e. The molecular weight excluding hydrogens is 228 g/mol. The van der Waals surface area contributed by atoms with Crippen molar-refractivity contribution in [3.63, 3.8) is 0 Å². The van der Waals surface area contributed by atoms with Gasteiger partial charge in [-0.3, -0.25) is 9.69 Å². The molecule has 18 heavy (non-hydrogen) atoms. The van der Waals surface area contributed by atoms with Gasteiger partial charge in [-0.05, 0) is 17.7 Å². The van der Waals surface area contributed by atoms with Crippen LogP contribution in [0.25, 0.3) is 0 Å². The molecule has 1 amide bonds. The Kier molecular flexibility index (Phi) is 3.90. The topological polar surface area (TPSA) is 60.2 Å². The highest BCUT2D eigenvalue weighted by atomic mass is 16.2. The van der Waals surface area contributed by atoms with Crippen LogP contribution in [0.2, 0.25) is 0 Å². The van der Waals surface area contributed by atoms with Gasteiger partial charge in [0.15, 0.2) is 0 Å². The third kappa shape index (κ3) is 3.05. The molecule has 0 N–H and O–H groups in total. The molecule has 1 saturated heterocycles. The summed E-state index contributed by atoms with van der Waals surface area (Å²) in [7, 11) is 0. The number of nitriles is 1. The minimum atomic E-state index is 0.144. The summed E-state index contributed by atoms with van der Waals surface area (Å²) >= 11 is 0. The van der Waals surface area contributed by atoms with Crippen molar-refractivity contribution in [2.24, 2.45) is 0 Å². The molecule has 1 aromatic heterocycles. The molecule has 1 fully saturated rings. The fourth-order valence-electron chi connectivity index (χ4n) is 2.11. The van der Waals surface area contributed by atoms with Crippen LogP contribution in [-0.2, 0) is 11.3 Å². The highest BCUT2D eigenvalue weighted by Crippen LogP contribution is 2.09. The van der Waals surface area contributed by atoms with Gasteiger partial charge in [-0.1, -0.05) is 0 Å². The predicted molar refractivity (Wildman–Crippen MR) is 66.5 cm³/mol. The second-order valence-electron chi connectivity index (χ2n) is 4.44. The lowest BCUT2D eigenvalue weighted by atomic mass is 10.2. The van der Waals surface area contributed by atoms with E-state index >= 15 is 0 Å². The Morgan fingerprint density at radius 1 is 1.44 bits per heavy atom. The molecule has 0 unspecified atom stereocenters. The number of hydrogen-bond acceptors (Lipinski definition) is 4. The second kappa shape index (κ2) is 5.61. The normalized spacial score (nSPS) is 16.3. The molecule has 0 saturated carbocycles. The van der Waals surface area contributed by atoms with Crippen molar-refractivity contribution < 1.29 is 4.79 Å². The Bertz CT molecular complexity index is 472. The maximum atomic E-state index is 11.2. The lowest BCUT2D eigenvalue weighted by Gasteiger charge is -2.34. The Hall–Kier alpha value is -1.93. The van der Waals surface area contributed by atoms with Gasteiger partial charge in [0.25, 0.3) is 0 Å². The average molecular weight is 244 g/mol. The van der Waals surface area contributed by atoms with Crippen LogP contribution in [0.4, 0.5) is 0 Å². The molecule has 0 atom stereocenters. The first-order valence-electron chi connectivity index (χ1n) is 6.02. The van der Waals surface area contributed by atoms with Gasteiger partial charge in [-0.25, -0.2) is 4.98 Å². The molecule has 1 aliphatic heterocycles. The summed E-state index contributed by atoms with van der Waals surface area (Å²) in [5, 5.41) is 8.79. The van der Waals surface area contributed by atoms with Crippen molar-refractivity contribution in [2.75, 3.05) is 26.2 Å². The lowest BCUT2D eigenvalue weighted by Crippen LogP contribution is -2.47.